The van der Waals surface area contributed by atoms with Crippen molar-refractivity contribution >= 4 is 45.5 Å². The minimum absolute atomic E-state index is 0.0201. The molecular formula is C23H29ClN4O2S. The molecule has 0 saturated carbocycles. The molecule has 1 aromatic carbocycles. The lowest BCUT2D eigenvalue weighted by Gasteiger charge is -2.31. The molecule has 0 spiro atoms. The number of amidine groups is 1. The van der Waals surface area contributed by atoms with Crippen LogP contribution in [0, 0.1) is 19.3 Å². The quantitative estimate of drug-likeness (QED) is 0.380. The molecule has 8 heteroatoms. The summed E-state index contributed by atoms with van der Waals surface area (Å²) in [7, 11) is 0. The minimum atomic E-state index is -0.675. The zero-order chi connectivity index (χ0) is 23.1. The van der Waals surface area contributed by atoms with Crippen LogP contribution in [-0.2, 0) is 9.53 Å². The SMILES string of the molecule is CC(=N)N1c2sc(C)c(C)c2C(c2ccc(Cl)cc2)=N[C@@H](CC(=O)OC(C)(C)C)C1N. The Labute approximate surface area is 192 Å². The molecule has 1 aliphatic rings. The van der Waals surface area contributed by atoms with Crippen molar-refractivity contribution in [3.05, 3.63) is 50.9 Å². The fraction of sp³-hybridized carbons (Fsp3) is 0.435. The van der Waals surface area contributed by atoms with Crippen molar-refractivity contribution in [3.8, 4) is 0 Å². The number of fused-ring (bicyclic) bond motifs is 1. The van der Waals surface area contributed by atoms with Gasteiger partial charge in [0, 0.05) is 21.0 Å². The number of aryl methyl sites for hydroxylation is 1. The molecule has 6 nitrogen and oxygen atoms in total. The second-order valence-corrected chi connectivity index (χ2v) is 10.4. The van der Waals surface area contributed by atoms with Crippen LogP contribution in [0.25, 0.3) is 0 Å². The molecule has 31 heavy (non-hydrogen) atoms. The fourth-order valence-electron chi connectivity index (χ4n) is 3.59. The van der Waals surface area contributed by atoms with Gasteiger partial charge in [0.25, 0.3) is 0 Å². The largest absolute Gasteiger partial charge is 0.460 e. The average molecular weight is 461 g/mol. The summed E-state index contributed by atoms with van der Waals surface area (Å²) in [6.07, 6.45) is -0.655. The van der Waals surface area contributed by atoms with E-state index in [0.717, 1.165) is 32.3 Å². The van der Waals surface area contributed by atoms with Crippen LogP contribution in [0.4, 0.5) is 5.00 Å². The molecule has 1 unspecified atom stereocenters. The smallest absolute Gasteiger partial charge is 0.308 e. The number of nitrogens with zero attached hydrogens (tertiary/aromatic N) is 2. The molecule has 166 valence electrons. The number of carbonyl (C=O) groups is 1. The Bertz CT molecular complexity index is 1040. The number of esters is 1. The van der Waals surface area contributed by atoms with E-state index in [1.54, 1.807) is 23.2 Å². The maximum atomic E-state index is 12.6. The number of carbonyl (C=O) groups excluding carboxylic acids is 1. The Morgan fingerprint density at radius 1 is 1.29 bits per heavy atom. The van der Waals surface area contributed by atoms with E-state index in [1.165, 1.54) is 0 Å². The summed E-state index contributed by atoms with van der Waals surface area (Å²) in [5, 5.41) is 9.92. The summed E-state index contributed by atoms with van der Waals surface area (Å²) in [4.78, 5) is 20.6. The Kier molecular flexibility index (Phi) is 6.60. The number of benzene rings is 1. The molecule has 1 aliphatic heterocycles. The topological polar surface area (TPSA) is 91.8 Å². The normalized spacial score (nSPS) is 18.8. The first-order valence-electron chi connectivity index (χ1n) is 10.1. The number of ether oxygens (including phenoxy) is 1. The zero-order valence-corrected chi connectivity index (χ0v) is 20.3. The molecule has 2 atom stereocenters. The number of anilines is 1. The monoisotopic (exact) mass is 460 g/mol. The summed E-state index contributed by atoms with van der Waals surface area (Å²) in [5.41, 5.74) is 9.70. The first-order valence-corrected chi connectivity index (χ1v) is 11.3. The summed E-state index contributed by atoms with van der Waals surface area (Å²) >= 11 is 7.69. The van der Waals surface area contributed by atoms with Gasteiger partial charge in [-0.25, -0.2) is 0 Å². The molecule has 0 fully saturated rings. The van der Waals surface area contributed by atoms with Crippen molar-refractivity contribution in [3.63, 3.8) is 0 Å². The first kappa shape index (κ1) is 23.4. The van der Waals surface area contributed by atoms with Crippen LogP contribution in [0.1, 0.15) is 55.7 Å². The third-order valence-electron chi connectivity index (χ3n) is 5.08. The Morgan fingerprint density at radius 3 is 2.45 bits per heavy atom. The highest BCUT2D eigenvalue weighted by Gasteiger charge is 2.36. The van der Waals surface area contributed by atoms with Gasteiger partial charge in [0.15, 0.2) is 0 Å². The minimum Gasteiger partial charge on any atom is -0.460 e. The van der Waals surface area contributed by atoms with Crippen LogP contribution in [0.2, 0.25) is 5.02 Å². The van der Waals surface area contributed by atoms with Gasteiger partial charge < -0.3 is 15.4 Å². The molecule has 0 aliphatic carbocycles. The number of rotatable bonds is 3. The van der Waals surface area contributed by atoms with E-state index in [4.69, 9.17) is 32.5 Å². The summed E-state index contributed by atoms with van der Waals surface area (Å²) in [6, 6.07) is 6.89. The summed E-state index contributed by atoms with van der Waals surface area (Å²) in [5.74, 6) is -0.0651. The third-order valence-corrected chi connectivity index (χ3v) is 6.54. The van der Waals surface area contributed by atoms with Gasteiger partial charge in [0.05, 0.1) is 24.0 Å². The zero-order valence-electron chi connectivity index (χ0n) is 18.7. The van der Waals surface area contributed by atoms with Gasteiger partial charge in [-0.05, 0) is 59.2 Å². The van der Waals surface area contributed by atoms with E-state index in [1.807, 2.05) is 52.0 Å². The second kappa shape index (κ2) is 8.73. The van der Waals surface area contributed by atoms with Gasteiger partial charge in [-0.3, -0.25) is 15.2 Å². The van der Waals surface area contributed by atoms with E-state index in [2.05, 4.69) is 6.92 Å². The molecule has 0 amide bonds. The standard InChI is InChI=1S/C23H29ClN4O2S/c1-12-13(2)31-22-19(12)20(15-7-9-16(24)10-8-15)27-17(21(26)28(22)14(3)25)11-18(29)30-23(4,5)6/h7-10,17,21,25H,11,26H2,1-6H3/t17-,21?/m0/s1. The molecule has 1 aromatic heterocycles. The van der Waals surface area contributed by atoms with Gasteiger partial charge in [-0.2, -0.15) is 0 Å². The van der Waals surface area contributed by atoms with E-state index in [0.29, 0.717) is 10.9 Å². The maximum absolute atomic E-state index is 12.6. The van der Waals surface area contributed by atoms with Crippen LogP contribution >= 0.6 is 22.9 Å². The van der Waals surface area contributed by atoms with Crippen LogP contribution in [0.5, 0.6) is 0 Å². The maximum Gasteiger partial charge on any atom is 0.308 e. The van der Waals surface area contributed by atoms with Crippen LogP contribution < -0.4 is 10.6 Å². The van der Waals surface area contributed by atoms with Crippen molar-refractivity contribution in [1.29, 1.82) is 5.41 Å². The lowest BCUT2D eigenvalue weighted by Crippen LogP contribution is -2.51. The summed E-state index contributed by atoms with van der Waals surface area (Å²) in [6.45, 7) is 11.3. The van der Waals surface area contributed by atoms with Gasteiger partial charge in [0.1, 0.15) is 16.8 Å². The molecule has 3 rings (SSSR count). The van der Waals surface area contributed by atoms with E-state index >= 15 is 0 Å². The van der Waals surface area contributed by atoms with Crippen molar-refractivity contribution in [1.82, 2.24) is 0 Å². The number of nitrogens with one attached hydrogen (secondary N) is 1. The number of nitrogens with two attached hydrogens (primary N) is 1. The molecular weight excluding hydrogens is 432 g/mol. The highest BCUT2D eigenvalue weighted by molar-refractivity contribution is 7.17. The number of aliphatic imine (C=N–C) groups is 1. The Hall–Kier alpha value is -2.22. The van der Waals surface area contributed by atoms with Crippen LogP contribution in [-0.4, -0.2) is 35.3 Å². The number of hydrogen-bond donors (Lipinski definition) is 2. The highest BCUT2D eigenvalue weighted by Crippen LogP contribution is 2.40. The second-order valence-electron chi connectivity index (χ2n) is 8.75. The third kappa shape index (κ3) is 5.00. The van der Waals surface area contributed by atoms with Crippen molar-refractivity contribution in [2.24, 2.45) is 10.7 Å². The average Bonchev–Trinajstić information content (AvgIpc) is 2.85. The van der Waals surface area contributed by atoms with Gasteiger partial charge in [-0.15, -0.1) is 11.3 Å². The first-order chi connectivity index (χ1) is 14.4. The molecule has 0 bridgehead atoms. The van der Waals surface area contributed by atoms with E-state index < -0.39 is 17.8 Å². The van der Waals surface area contributed by atoms with Gasteiger partial charge in [0.2, 0.25) is 0 Å². The Morgan fingerprint density at radius 2 is 1.90 bits per heavy atom. The lowest BCUT2D eigenvalue weighted by atomic mass is 9.99. The van der Waals surface area contributed by atoms with E-state index in [9.17, 15) is 4.79 Å². The molecule has 2 heterocycles. The van der Waals surface area contributed by atoms with Gasteiger partial charge >= 0.3 is 5.97 Å². The fourth-order valence-corrected chi connectivity index (χ4v) is 4.97. The van der Waals surface area contributed by atoms with Crippen LogP contribution in [0.3, 0.4) is 0 Å². The molecule has 2 aromatic rings. The van der Waals surface area contributed by atoms with E-state index in [-0.39, 0.29) is 12.4 Å². The number of hydrogen-bond acceptors (Lipinski definition) is 6. The lowest BCUT2D eigenvalue weighted by molar-refractivity contribution is -0.155. The molecule has 0 radical (unpaired) electrons. The predicted octanol–water partition coefficient (Wildman–Crippen LogP) is 5.06. The Balaban J connectivity index is 2.18. The van der Waals surface area contributed by atoms with Crippen LogP contribution in [0.15, 0.2) is 29.3 Å². The predicted molar refractivity (Wildman–Crippen MR) is 129 cm³/mol. The van der Waals surface area contributed by atoms with Crippen molar-refractivity contribution < 1.29 is 9.53 Å². The molecule has 3 N–H and O–H groups in total. The number of halogens is 1. The molecule has 0 saturated heterocycles. The van der Waals surface area contributed by atoms with Gasteiger partial charge in [-0.1, -0.05) is 23.7 Å². The number of thiophene rings is 1. The summed E-state index contributed by atoms with van der Waals surface area (Å²) < 4.78 is 5.53. The van der Waals surface area contributed by atoms with Crippen molar-refractivity contribution in [2.75, 3.05) is 4.90 Å². The van der Waals surface area contributed by atoms with Crippen molar-refractivity contribution in [2.45, 2.75) is 65.8 Å². The highest BCUT2D eigenvalue weighted by atomic mass is 35.5.